The quantitative estimate of drug-likeness (QED) is 0.670. The van der Waals surface area contributed by atoms with Crippen LogP contribution in [0.1, 0.15) is 49.9 Å². The molecule has 1 aromatic carbocycles. The monoisotopic (exact) mass is 480 g/mol. The summed E-state index contributed by atoms with van der Waals surface area (Å²) in [7, 11) is 0. The van der Waals surface area contributed by atoms with Gasteiger partial charge in [-0.1, -0.05) is 18.2 Å². The Kier molecular flexibility index (Phi) is 6.93. The third kappa shape index (κ3) is 5.14. The third-order valence-corrected chi connectivity index (χ3v) is 7.79. The van der Waals surface area contributed by atoms with Crippen molar-refractivity contribution in [2.75, 3.05) is 37.7 Å². The summed E-state index contributed by atoms with van der Waals surface area (Å²) >= 11 is 0. The number of carbonyl (C=O) groups excluding carboxylic acids is 3. The van der Waals surface area contributed by atoms with Crippen molar-refractivity contribution in [3.8, 4) is 0 Å². The van der Waals surface area contributed by atoms with Crippen molar-refractivity contribution < 1.29 is 19.1 Å². The summed E-state index contributed by atoms with van der Waals surface area (Å²) in [6.07, 6.45) is 7.62. The number of ether oxygens (including phenoxy) is 1. The van der Waals surface area contributed by atoms with E-state index in [2.05, 4.69) is 24.2 Å². The number of fused-ring (bicyclic) bond motifs is 1. The molecule has 1 aliphatic carbocycles. The molecule has 5 rings (SSSR count). The van der Waals surface area contributed by atoms with E-state index in [1.807, 2.05) is 17.1 Å². The van der Waals surface area contributed by atoms with Gasteiger partial charge in [-0.3, -0.25) is 24.7 Å². The van der Waals surface area contributed by atoms with Crippen LogP contribution >= 0.6 is 0 Å². The van der Waals surface area contributed by atoms with Gasteiger partial charge in [0.1, 0.15) is 0 Å². The summed E-state index contributed by atoms with van der Waals surface area (Å²) < 4.78 is 5.85. The maximum atomic E-state index is 13.3. The number of anilines is 1. The van der Waals surface area contributed by atoms with E-state index in [1.165, 1.54) is 5.01 Å². The van der Waals surface area contributed by atoms with E-state index in [9.17, 15) is 14.4 Å². The first-order chi connectivity index (χ1) is 16.9. The highest BCUT2D eigenvalue weighted by atomic mass is 16.5. The Hall–Kier alpha value is -2.71. The minimum absolute atomic E-state index is 0.0202. The average molecular weight is 481 g/mol. The van der Waals surface area contributed by atoms with Crippen molar-refractivity contribution in [3.63, 3.8) is 0 Å². The smallest absolute Gasteiger partial charge is 0.253 e. The average Bonchev–Trinajstić information content (AvgIpc) is 2.86. The lowest BCUT2D eigenvalue weighted by Crippen LogP contribution is -2.59. The predicted molar refractivity (Wildman–Crippen MR) is 133 cm³/mol. The lowest BCUT2D eigenvalue weighted by molar-refractivity contribution is -0.139. The molecule has 8 heteroatoms. The highest BCUT2D eigenvalue weighted by Gasteiger charge is 2.42. The van der Waals surface area contributed by atoms with Crippen LogP contribution in [0.15, 0.2) is 36.4 Å². The lowest BCUT2D eigenvalue weighted by atomic mass is 9.80. The molecule has 3 saturated heterocycles. The fourth-order valence-corrected chi connectivity index (χ4v) is 6.06. The van der Waals surface area contributed by atoms with Gasteiger partial charge >= 0.3 is 0 Å². The molecular formula is C27H36N4O4. The first-order valence-electron chi connectivity index (χ1n) is 13.0. The number of rotatable bonds is 4. The van der Waals surface area contributed by atoms with E-state index >= 15 is 0 Å². The van der Waals surface area contributed by atoms with Gasteiger partial charge in [0, 0.05) is 38.3 Å². The molecule has 1 aromatic rings. The van der Waals surface area contributed by atoms with Crippen LogP contribution in [0.3, 0.4) is 0 Å². The molecule has 1 N–H and O–H groups in total. The van der Waals surface area contributed by atoms with Crippen molar-refractivity contribution in [1.29, 1.82) is 0 Å². The van der Waals surface area contributed by atoms with Crippen molar-refractivity contribution >= 4 is 23.4 Å². The van der Waals surface area contributed by atoms with Gasteiger partial charge in [0.2, 0.25) is 11.8 Å². The molecule has 3 fully saturated rings. The van der Waals surface area contributed by atoms with Gasteiger partial charge in [-0.2, -0.15) is 0 Å². The molecule has 0 radical (unpaired) electrons. The molecule has 4 unspecified atom stereocenters. The molecule has 35 heavy (non-hydrogen) atoms. The molecule has 0 spiro atoms. The Bertz CT molecular complexity index is 993. The topological polar surface area (TPSA) is 82.2 Å². The summed E-state index contributed by atoms with van der Waals surface area (Å²) in [5.74, 6) is -0.337. The van der Waals surface area contributed by atoms with Crippen LogP contribution in [0.5, 0.6) is 0 Å². The number of allylic oxidation sites excluding steroid dienone is 2. The molecule has 3 heterocycles. The van der Waals surface area contributed by atoms with Crippen molar-refractivity contribution in [3.05, 3.63) is 42.0 Å². The van der Waals surface area contributed by atoms with Gasteiger partial charge < -0.3 is 9.64 Å². The molecule has 0 aromatic heterocycles. The summed E-state index contributed by atoms with van der Waals surface area (Å²) in [6, 6.07) is 7.06. The molecule has 3 amide bonds. The van der Waals surface area contributed by atoms with E-state index in [-0.39, 0.29) is 41.8 Å². The second-order valence-electron chi connectivity index (χ2n) is 10.6. The number of nitrogens with one attached hydrogen (secondary N) is 1. The Balaban J connectivity index is 1.20. The van der Waals surface area contributed by atoms with Crippen LogP contribution in [-0.4, -0.2) is 72.5 Å². The van der Waals surface area contributed by atoms with Crippen LogP contribution in [0.25, 0.3) is 0 Å². The first-order valence-corrected chi connectivity index (χ1v) is 13.0. The number of hydrogen-bond donors (Lipinski definition) is 1. The standard InChI is InChI=1S/C27H36N4O4/c1-18-15-29(16-19(2)35-18)17-20-10-12-30(13-11-20)26(33)21-6-5-7-22(14-21)31-27(34)24-9-4-3-8-23(24)25(32)28-31/h3-7,14,18-20,23-24H,8-13,15-17H2,1-2H3,(H,28,32). The number of benzene rings is 1. The fraction of sp³-hybridized carbons (Fsp3) is 0.593. The van der Waals surface area contributed by atoms with Crippen LogP contribution < -0.4 is 10.4 Å². The lowest BCUT2D eigenvalue weighted by Gasteiger charge is -2.39. The maximum absolute atomic E-state index is 13.3. The van der Waals surface area contributed by atoms with Gasteiger partial charge in [0.15, 0.2) is 0 Å². The Morgan fingerprint density at radius 3 is 2.43 bits per heavy atom. The van der Waals surface area contributed by atoms with E-state index in [1.54, 1.807) is 24.3 Å². The molecule has 0 saturated carbocycles. The van der Waals surface area contributed by atoms with E-state index in [0.717, 1.165) is 45.6 Å². The van der Waals surface area contributed by atoms with Crippen LogP contribution in [0.4, 0.5) is 5.69 Å². The normalized spacial score (nSPS) is 30.2. The molecule has 0 bridgehead atoms. The number of hydrazine groups is 1. The van der Waals surface area contributed by atoms with Crippen LogP contribution in [-0.2, 0) is 14.3 Å². The third-order valence-electron chi connectivity index (χ3n) is 7.79. The Morgan fingerprint density at radius 1 is 1.03 bits per heavy atom. The SMILES string of the molecule is CC1CN(CC2CCN(C(=O)c3cccc(N4NC(=O)C5CC=CCC5C4=O)c3)CC2)CC(C)O1. The maximum Gasteiger partial charge on any atom is 0.253 e. The van der Waals surface area contributed by atoms with Crippen molar-refractivity contribution in [2.24, 2.45) is 17.8 Å². The summed E-state index contributed by atoms with van der Waals surface area (Å²) in [6.45, 7) is 8.73. The van der Waals surface area contributed by atoms with Gasteiger partial charge in [-0.05, 0) is 63.6 Å². The van der Waals surface area contributed by atoms with Gasteiger partial charge in [0.05, 0.1) is 29.7 Å². The van der Waals surface area contributed by atoms with Crippen molar-refractivity contribution in [2.45, 2.75) is 51.7 Å². The summed E-state index contributed by atoms with van der Waals surface area (Å²) in [5.41, 5.74) is 3.83. The van der Waals surface area contributed by atoms with Crippen LogP contribution in [0, 0.1) is 17.8 Å². The minimum Gasteiger partial charge on any atom is -0.373 e. The Morgan fingerprint density at radius 2 is 1.71 bits per heavy atom. The van der Waals surface area contributed by atoms with Gasteiger partial charge in [-0.15, -0.1) is 0 Å². The molecule has 3 aliphatic heterocycles. The zero-order chi connectivity index (χ0) is 24.5. The Labute approximate surface area is 207 Å². The minimum atomic E-state index is -0.343. The van der Waals surface area contributed by atoms with Crippen molar-refractivity contribution in [1.82, 2.24) is 15.2 Å². The number of morpholine rings is 1. The highest BCUT2D eigenvalue weighted by molar-refractivity contribution is 6.05. The zero-order valence-corrected chi connectivity index (χ0v) is 20.7. The molecule has 8 nitrogen and oxygen atoms in total. The highest BCUT2D eigenvalue weighted by Crippen LogP contribution is 2.32. The number of hydrogen-bond acceptors (Lipinski definition) is 5. The van der Waals surface area contributed by atoms with E-state index in [4.69, 9.17) is 4.74 Å². The number of carbonyl (C=O) groups is 3. The van der Waals surface area contributed by atoms with Gasteiger partial charge in [0.25, 0.3) is 5.91 Å². The van der Waals surface area contributed by atoms with E-state index in [0.29, 0.717) is 30.0 Å². The summed E-state index contributed by atoms with van der Waals surface area (Å²) in [4.78, 5) is 43.4. The molecule has 4 atom stereocenters. The molecule has 4 aliphatic rings. The first kappa shape index (κ1) is 24.0. The number of likely N-dealkylation sites (tertiary alicyclic amines) is 1. The number of nitrogens with zero attached hydrogens (tertiary/aromatic N) is 3. The largest absolute Gasteiger partial charge is 0.373 e. The molecule has 188 valence electrons. The van der Waals surface area contributed by atoms with Crippen LogP contribution in [0.2, 0.25) is 0 Å². The second-order valence-corrected chi connectivity index (χ2v) is 10.6. The zero-order valence-electron chi connectivity index (χ0n) is 20.7. The number of amides is 3. The predicted octanol–water partition coefficient (Wildman–Crippen LogP) is 2.61. The number of piperidine rings is 1. The van der Waals surface area contributed by atoms with E-state index < -0.39 is 0 Å². The van der Waals surface area contributed by atoms with Gasteiger partial charge in [-0.25, -0.2) is 5.01 Å². The molecular weight excluding hydrogens is 444 g/mol. The second kappa shape index (κ2) is 10.1. The summed E-state index contributed by atoms with van der Waals surface area (Å²) in [5, 5.41) is 1.33. The fourth-order valence-electron chi connectivity index (χ4n) is 6.06.